The van der Waals surface area contributed by atoms with Crippen molar-refractivity contribution in [2.24, 2.45) is 0 Å². The number of nitrogens with zero attached hydrogens (tertiary/aromatic N) is 4. The zero-order valence-electron chi connectivity index (χ0n) is 16.8. The topological polar surface area (TPSA) is 72.1 Å². The van der Waals surface area contributed by atoms with Crippen molar-refractivity contribution in [1.82, 2.24) is 19.3 Å². The van der Waals surface area contributed by atoms with Crippen molar-refractivity contribution in [1.29, 1.82) is 0 Å². The Labute approximate surface area is 169 Å². The summed E-state index contributed by atoms with van der Waals surface area (Å²) in [7, 11) is 2.10. The minimum atomic E-state index is -1.09. The van der Waals surface area contributed by atoms with E-state index >= 15 is 0 Å². The van der Waals surface area contributed by atoms with Gasteiger partial charge < -0.3 is 23.9 Å². The quantitative estimate of drug-likeness (QED) is 0.739. The van der Waals surface area contributed by atoms with Gasteiger partial charge in [0.25, 0.3) is 0 Å². The van der Waals surface area contributed by atoms with E-state index in [4.69, 9.17) is 9.47 Å². The summed E-state index contributed by atoms with van der Waals surface area (Å²) in [5, 5.41) is 10.6. The van der Waals surface area contributed by atoms with Crippen LogP contribution in [0, 0.1) is 13.8 Å². The number of likely N-dealkylation sites (tertiary alicyclic amines) is 1. The first-order valence-electron chi connectivity index (χ1n) is 9.85. The highest BCUT2D eigenvalue weighted by atomic mass is 16.6. The number of aryl methyl sites for hydroxylation is 2. The number of aliphatic hydroxyl groups excluding tert-OH is 1. The van der Waals surface area contributed by atoms with Crippen molar-refractivity contribution in [3.05, 3.63) is 53.2 Å². The maximum Gasteiger partial charge on any atom is 0.226 e. The molecular formula is C22H24N4O3. The van der Waals surface area contributed by atoms with Crippen molar-refractivity contribution >= 4 is 17.3 Å². The Bertz CT molecular complexity index is 1120. The second-order valence-electron chi connectivity index (χ2n) is 7.89. The molecule has 150 valence electrons. The van der Waals surface area contributed by atoms with E-state index in [2.05, 4.69) is 21.9 Å². The average molecular weight is 392 g/mol. The lowest BCUT2D eigenvalue weighted by atomic mass is 10.0. The van der Waals surface area contributed by atoms with Crippen LogP contribution in [-0.4, -0.2) is 56.9 Å². The number of hydrogen-bond acceptors (Lipinski definition) is 6. The van der Waals surface area contributed by atoms with Gasteiger partial charge in [0, 0.05) is 42.7 Å². The zero-order chi connectivity index (χ0) is 20.1. The molecule has 5 rings (SSSR count). The fourth-order valence-electron chi connectivity index (χ4n) is 4.06. The Morgan fingerprint density at radius 2 is 2.07 bits per heavy atom. The molecule has 29 heavy (non-hydrogen) atoms. The molecule has 0 saturated carbocycles. The van der Waals surface area contributed by atoms with E-state index in [1.165, 1.54) is 0 Å². The molecule has 1 saturated heterocycles. The van der Waals surface area contributed by atoms with Crippen LogP contribution in [0.1, 0.15) is 29.1 Å². The highest BCUT2D eigenvalue weighted by Gasteiger charge is 2.26. The first kappa shape index (κ1) is 18.1. The van der Waals surface area contributed by atoms with E-state index < -0.39 is 6.29 Å². The molecule has 2 atom stereocenters. The van der Waals surface area contributed by atoms with Gasteiger partial charge in [0.05, 0.1) is 17.1 Å². The van der Waals surface area contributed by atoms with E-state index in [9.17, 15) is 5.11 Å². The molecule has 0 radical (unpaired) electrons. The molecule has 2 aromatic heterocycles. The monoisotopic (exact) mass is 392 g/mol. The molecule has 0 bridgehead atoms. The summed E-state index contributed by atoms with van der Waals surface area (Å²) in [6, 6.07) is 5.76. The summed E-state index contributed by atoms with van der Waals surface area (Å²) in [5.41, 5.74) is 4.74. The molecule has 0 aliphatic carbocycles. The number of ether oxygens (including phenoxy) is 2. The lowest BCUT2D eigenvalue weighted by Gasteiger charge is -2.23. The summed E-state index contributed by atoms with van der Waals surface area (Å²) >= 11 is 0. The molecular weight excluding hydrogens is 368 g/mol. The van der Waals surface area contributed by atoms with Gasteiger partial charge in [0.1, 0.15) is 17.6 Å². The molecule has 1 N–H and O–H groups in total. The lowest BCUT2D eigenvalue weighted by Crippen LogP contribution is -2.22. The number of benzene rings is 1. The second-order valence-corrected chi connectivity index (χ2v) is 7.89. The van der Waals surface area contributed by atoms with Gasteiger partial charge in [0.2, 0.25) is 6.29 Å². The minimum absolute atomic E-state index is 0.191. The SMILES string of the molecule is Cc1cn2cc(C3=Cc4ccc(O[C@@H]5CCN(C)C5)cc4OC3O)nc2c(C)n1. The van der Waals surface area contributed by atoms with Crippen molar-refractivity contribution in [2.45, 2.75) is 32.7 Å². The predicted octanol–water partition coefficient (Wildman–Crippen LogP) is 2.68. The summed E-state index contributed by atoms with van der Waals surface area (Å²) in [6.45, 7) is 5.85. The van der Waals surface area contributed by atoms with Gasteiger partial charge in [-0.3, -0.25) is 4.98 Å². The highest BCUT2D eigenvalue weighted by molar-refractivity contribution is 5.86. The first-order chi connectivity index (χ1) is 14.0. The fourth-order valence-corrected chi connectivity index (χ4v) is 4.06. The van der Waals surface area contributed by atoms with Gasteiger partial charge in [-0.15, -0.1) is 0 Å². The molecule has 7 heteroatoms. The lowest BCUT2D eigenvalue weighted by molar-refractivity contribution is 0.0315. The van der Waals surface area contributed by atoms with Gasteiger partial charge in [-0.05, 0) is 45.5 Å². The van der Waals surface area contributed by atoms with E-state index in [-0.39, 0.29) is 6.10 Å². The molecule has 7 nitrogen and oxygen atoms in total. The average Bonchev–Trinajstić information content (AvgIpc) is 3.27. The largest absolute Gasteiger partial charge is 0.489 e. The number of imidazole rings is 1. The summed E-state index contributed by atoms with van der Waals surface area (Å²) < 4.78 is 13.8. The first-order valence-corrected chi connectivity index (χ1v) is 9.85. The smallest absolute Gasteiger partial charge is 0.226 e. The van der Waals surface area contributed by atoms with Crippen LogP contribution in [0.5, 0.6) is 11.5 Å². The number of aromatic nitrogens is 3. The molecule has 2 aliphatic rings. The second kappa shape index (κ2) is 6.86. The molecule has 2 aliphatic heterocycles. The maximum absolute atomic E-state index is 10.6. The third-order valence-electron chi connectivity index (χ3n) is 5.47. The van der Waals surface area contributed by atoms with Crippen LogP contribution >= 0.6 is 0 Å². The van der Waals surface area contributed by atoms with Crippen LogP contribution in [0.4, 0.5) is 0 Å². The van der Waals surface area contributed by atoms with Crippen LogP contribution in [0.3, 0.4) is 0 Å². The molecule has 1 unspecified atom stereocenters. The standard InChI is InChI=1S/C22H24N4O3/c1-13-10-26-12-19(24-21(26)14(2)23-13)18-8-15-4-5-16(9-20(15)29-22(18)27)28-17-6-7-25(3)11-17/h4-5,8-10,12,17,22,27H,6-7,11H2,1-3H3/t17-,22?/m1/s1. The van der Waals surface area contributed by atoms with Crippen molar-refractivity contribution in [3.8, 4) is 11.5 Å². The number of rotatable bonds is 3. The number of aliphatic hydroxyl groups is 1. The summed E-state index contributed by atoms with van der Waals surface area (Å²) in [6.07, 6.45) is 5.87. The Morgan fingerprint density at radius 3 is 2.86 bits per heavy atom. The zero-order valence-corrected chi connectivity index (χ0v) is 16.8. The molecule has 1 fully saturated rings. The summed E-state index contributed by atoms with van der Waals surface area (Å²) in [4.78, 5) is 11.4. The number of fused-ring (bicyclic) bond motifs is 2. The van der Waals surface area contributed by atoms with E-state index in [1.54, 1.807) is 0 Å². The number of hydrogen-bond donors (Lipinski definition) is 1. The van der Waals surface area contributed by atoms with Crippen LogP contribution in [0.25, 0.3) is 17.3 Å². The van der Waals surface area contributed by atoms with Crippen molar-refractivity contribution in [2.75, 3.05) is 20.1 Å². The molecule has 4 heterocycles. The Hall–Kier alpha value is -2.90. The molecule has 0 spiro atoms. The van der Waals surface area contributed by atoms with Crippen molar-refractivity contribution in [3.63, 3.8) is 0 Å². The fraction of sp³-hybridized carbons (Fsp3) is 0.364. The Morgan fingerprint density at radius 1 is 1.21 bits per heavy atom. The van der Waals surface area contributed by atoms with Gasteiger partial charge in [-0.2, -0.15) is 0 Å². The normalized spacial score (nSPS) is 21.7. The van der Waals surface area contributed by atoms with E-state index in [0.29, 0.717) is 17.0 Å². The van der Waals surface area contributed by atoms with Crippen LogP contribution in [0.15, 0.2) is 30.6 Å². The van der Waals surface area contributed by atoms with Crippen LogP contribution in [-0.2, 0) is 0 Å². The molecule has 1 aromatic carbocycles. The minimum Gasteiger partial charge on any atom is -0.489 e. The molecule has 0 amide bonds. The Kier molecular flexibility index (Phi) is 4.29. The van der Waals surface area contributed by atoms with E-state index in [1.807, 2.05) is 54.9 Å². The van der Waals surface area contributed by atoms with Crippen LogP contribution in [0.2, 0.25) is 0 Å². The number of likely N-dealkylation sites (N-methyl/N-ethyl adjacent to an activating group) is 1. The van der Waals surface area contributed by atoms with Gasteiger partial charge in [-0.1, -0.05) is 0 Å². The van der Waals surface area contributed by atoms with Gasteiger partial charge >= 0.3 is 0 Å². The van der Waals surface area contributed by atoms with Crippen LogP contribution < -0.4 is 9.47 Å². The third kappa shape index (κ3) is 3.36. The van der Waals surface area contributed by atoms with Gasteiger partial charge in [-0.25, -0.2) is 4.98 Å². The van der Waals surface area contributed by atoms with E-state index in [0.717, 1.165) is 47.9 Å². The predicted molar refractivity (Wildman–Crippen MR) is 110 cm³/mol. The summed E-state index contributed by atoms with van der Waals surface area (Å²) in [5.74, 6) is 1.38. The van der Waals surface area contributed by atoms with Gasteiger partial charge in [0.15, 0.2) is 5.65 Å². The Balaban J connectivity index is 1.45. The highest BCUT2D eigenvalue weighted by Crippen LogP contribution is 2.36. The van der Waals surface area contributed by atoms with Crippen molar-refractivity contribution < 1.29 is 14.6 Å². The maximum atomic E-state index is 10.6. The molecule has 3 aromatic rings. The third-order valence-corrected chi connectivity index (χ3v) is 5.47.